The van der Waals surface area contributed by atoms with Crippen molar-refractivity contribution in [3.63, 3.8) is 0 Å². The number of fused-ring (bicyclic) bond motifs is 5. The van der Waals surface area contributed by atoms with Gasteiger partial charge in [0.1, 0.15) is 0 Å². The maximum atomic E-state index is 11.8. The van der Waals surface area contributed by atoms with Gasteiger partial charge in [-0.05, 0) is 80.0 Å². The molecule has 0 aromatic carbocycles. The zero-order chi connectivity index (χ0) is 19.6. The van der Waals surface area contributed by atoms with E-state index in [4.69, 9.17) is 8.74 Å². The van der Waals surface area contributed by atoms with Gasteiger partial charge in [-0.1, -0.05) is 25.5 Å². The molecule has 0 radical (unpaired) electrons. The van der Waals surface area contributed by atoms with E-state index in [1.165, 1.54) is 5.57 Å². The average molecular weight is 399 g/mol. The van der Waals surface area contributed by atoms with E-state index in [-0.39, 0.29) is 16.7 Å². The summed E-state index contributed by atoms with van der Waals surface area (Å²) < 4.78 is 36.0. The van der Waals surface area contributed by atoms with Crippen LogP contribution in [0.5, 0.6) is 0 Å². The monoisotopic (exact) mass is 398 g/mol. The smallest absolute Gasteiger partial charge is 0.397 e. The second-order valence-electron chi connectivity index (χ2n) is 9.66. The fraction of sp³-hybridized carbons (Fsp3) is 0.850. The SMILES string of the molecule is C[C@]12CCC(OS(=O)(=O)O)CC1=CCC1C2CC[C@@]2(C)C1CC[C@@H]2C(=O)O. The molecule has 152 valence electrons. The van der Waals surface area contributed by atoms with Crippen molar-refractivity contribution >= 4 is 16.4 Å². The minimum absolute atomic E-state index is 0.0324. The summed E-state index contributed by atoms with van der Waals surface area (Å²) in [6.07, 6.45) is 8.55. The molecule has 2 N–H and O–H groups in total. The Morgan fingerprint density at radius 3 is 2.56 bits per heavy atom. The largest absolute Gasteiger partial charge is 0.481 e. The third kappa shape index (κ3) is 3.06. The zero-order valence-electron chi connectivity index (χ0n) is 16.1. The summed E-state index contributed by atoms with van der Waals surface area (Å²) >= 11 is 0. The third-order valence-electron chi connectivity index (χ3n) is 8.61. The number of carboxylic acids is 1. The minimum Gasteiger partial charge on any atom is -0.481 e. The van der Waals surface area contributed by atoms with Gasteiger partial charge in [-0.2, -0.15) is 8.42 Å². The molecule has 3 saturated carbocycles. The Balaban J connectivity index is 1.58. The Morgan fingerprint density at radius 1 is 1.15 bits per heavy atom. The van der Waals surface area contributed by atoms with Crippen molar-refractivity contribution in [3.8, 4) is 0 Å². The highest BCUT2D eigenvalue weighted by molar-refractivity contribution is 7.80. The molecule has 7 heteroatoms. The first-order chi connectivity index (χ1) is 12.5. The first-order valence-electron chi connectivity index (χ1n) is 10.1. The first-order valence-corrected chi connectivity index (χ1v) is 11.5. The van der Waals surface area contributed by atoms with Crippen molar-refractivity contribution in [2.24, 2.45) is 34.5 Å². The van der Waals surface area contributed by atoms with Crippen molar-refractivity contribution in [1.82, 2.24) is 0 Å². The number of hydrogen-bond donors (Lipinski definition) is 2. The Morgan fingerprint density at radius 2 is 1.89 bits per heavy atom. The van der Waals surface area contributed by atoms with Crippen LogP contribution >= 0.6 is 0 Å². The number of carbonyl (C=O) groups is 1. The van der Waals surface area contributed by atoms with Crippen molar-refractivity contribution in [1.29, 1.82) is 0 Å². The van der Waals surface area contributed by atoms with E-state index >= 15 is 0 Å². The lowest BCUT2D eigenvalue weighted by Crippen LogP contribution is -2.51. The molecular weight excluding hydrogens is 368 g/mol. The zero-order valence-corrected chi connectivity index (χ0v) is 16.9. The normalized spacial score (nSPS) is 46.8. The predicted octanol–water partition coefficient (Wildman–Crippen LogP) is 3.84. The first kappa shape index (κ1) is 19.4. The fourth-order valence-electron chi connectivity index (χ4n) is 7.29. The van der Waals surface area contributed by atoms with E-state index in [1.54, 1.807) is 0 Å². The second kappa shape index (κ2) is 6.29. The van der Waals surface area contributed by atoms with Gasteiger partial charge in [-0.25, -0.2) is 4.18 Å². The van der Waals surface area contributed by atoms with Crippen molar-refractivity contribution in [2.45, 2.75) is 71.3 Å². The quantitative estimate of drug-likeness (QED) is 0.553. The van der Waals surface area contributed by atoms with E-state index in [0.717, 1.165) is 38.5 Å². The van der Waals surface area contributed by atoms with E-state index < -0.39 is 22.5 Å². The minimum atomic E-state index is -4.42. The molecule has 0 amide bonds. The van der Waals surface area contributed by atoms with E-state index in [0.29, 0.717) is 30.6 Å². The number of hydrogen-bond acceptors (Lipinski definition) is 4. The van der Waals surface area contributed by atoms with Gasteiger partial charge in [0.25, 0.3) is 0 Å². The highest BCUT2D eigenvalue weighted by Gasteiger charge is 2.60. The Kier molecular flexibility index (Phi) is 4.52. The van der Waals surface area contributed by atoms with Crippen LogP contribution in [0.3, 0.4) is 0 Å². The topological polar surface area (TPSA) is 101 Å². The molecule has 0 bridgehead atoms. The predicted molar refractivity (Wildman–Crippen MR) is 99.3 cm³/mol. The summed E-state index contributed by atoms with van der Waals surface area (Å²) in [6, 6.07) is 0. The van der Waals surface area contributed by atoms with Crippen molar-refractivity contribution in [3.05, 3.63) is 11.6 Å². The molecule has 0 heterocycles. The molecule has 0 spiro atoms. The Hall–Kier alpha value is -0.920. The van der Waals surface area contributed by atoms with Gasteiger partial charge >= 0.3 is 16.4 Å². The van der Waals surface area contributed by atoms with Gasteiger partial charge in [0, 0.05) is 0 Å². The fourth-order valence-corrected chi connectivity index (χ4v) is 7.80. The van der Waals surface area contributed by atoms with Crippen molar-refractivity contribution in [2.75, 3.05) is 0 Å². The molecule has 4 aliphatic carbocycles. The third-order valence-corrected chi connectivity index (χ3v) is 9.13. The molecule has 3 fully saturated rings. The lowest BCUT2D eigenvalue weighted by Gasteiger charge is -2.57. The molecule has 0 aromatic heterocycles. The van der Waals surface area contributed by atoms with Gasteiger partial charge in [-0.3, -0.25) is 9.35 Å². The van der Waals surface area contributed by atoms with Crippen LogP contribution in [0.25, 0.3) is 0 Å². The molecular formula is C20H30O6S. The standard InChI is InChI=1S/C20H30O6S/c1-19-9-7-13(26-27(23,24)25)11-12(19)3-4-14-15-5-6-17(18(21)22)20(15,2)10-8-16(14)19/h3,13-17H,4-11H2,1-2H3,(H,21,22)(H,23,24,25)/t13?,14?,15?,16?,17-,19+,20+/m1/s1. The maximum Gasteiger partial charge on any atom is 0.397 e. The highest BCUT2D eigenvalue weighted by Crippen LogP contribution is 2.66. The average Bonchev–Trinajstić information content (AvgIpc) is 2.91. The van der Waals surface area contributed by atoms with Gasteiger partial charge in [-0.15, -0.1) is 0 Å². The number of carboxylic acid groups (broad SMARTS) is 1. The molecule has 4 aliphatic rings. The van der Waals surface area contributed by atoms with Crippen LogP contribution in [0.2, 0.25) is 0 Å². The van der Waals surface area contributed by atoms with Gasteiger partial charge in [0.05, 0.1) is 12.0 Å². The van der Waals surface area contributed by atoms with Crippen LogP contribution in [0, 0.1) is 34.5 Å². The lowest BCUT2D eigenvalue weighted by atomic mass is 9.47. The van der Waals surface area contributed by atoms with Crippen LogP contribution in [-0.4, -0.2) is 30.2 Å². The van der Waals surface area contributed by atoms with Crippen LogP contribution in [-0.2, 0) is 19.4 Å². The molecule has 0 aromatic rings. The van der Waals surface area contributed by atoms with Gasteiger partial charge in [0.2, 0.25) is 0 Å². The Labute approximate surface area is 161 Å². The maximum absolute atomic E-state index is 11.8. The van der Waals surface area contributed by atoms with Crippen LogP contribution < -0.4 is 0 Å². The molecule has 4 rings (SSSR count). The van der Waals surface area contributed by atoms with E-state index in [1.807, 2.05) is 0 Å². The molecule has 0 aliphatic heterocycles. The molecule has 6 nitrogen and oxygen atoms in total. The Bertz CT molecular complexity index is 773. The second-order valence-corrected chi connectivity index (χ2v) is 10.7. The van der Waals surface area contributed by atoms with Gasteiger partial charge < -0.3 is 5.11 Å². The summed E-state index contributed by atoms with van der Waals surface area (Å²) in [5.41, 5.74) is 1.20. The van der Waals surface area contributed by atoms with Crippen LogP contribution in [0.1, 0.15) is 65.2 Å². The number of allylic oxidation sites excluding steroid dienone is 1. The van der Waals surface area contributed by atoms with Crippen molar-refractivity contribution < 1.29 is 27.1 Å². The molecule has 7 atom stereocenters. The van der Waals surface area contributed by atoms with Crippen LogP contribution in [0.4, 0.5) is 0 Å². The summed E-state index contributed by atoms with van der Waals surface area (Å²) in [7, 11) is -4.42. The summed E-state index contributed by atoms with van der Waals surface area (Å²) in [5, 5.41) is 9.68. The summed E-state index contributed by atoms with van der Waals surface area (Å²) in [4.78, 5) is 11.8. The van der Waals surface area contributed by atoms with Gasteiger partial charge in [0.15, 0.2) is 0 Å². The summed E-state index contributed by atoms with van der Waals surface area (Å²) in [6.45, 7) is 4.49. The number of rotatable bonds is 3. The lowest BCUT2D eigenvalue weighted by molar-refractivity contribution is -0.148. The molecule has 27 heavy (non-hydrogen) atoms. The van der Waals surface area contributed by atoms with E-state index in [9.17, 15) is 18.3 Å². The van der Waals surface area contributed by atoms with Crippen LogP contribution in [0.15, 0.2) is 11.6 Å². The van der Waals surface area contributed by atoms with E-state index in [2.05, 4.69) is 19.9 Å². The molecule has 0 saturated heterocycles. The highest BCUT2D eigenvalue weighted by atomic mass is 32.3. The molecule has 4 unspecified atom stereocenters. The number of aliphatic carboxylic acids is 1. The summed E-state index contributed by atoms with van der Waals surface area (Å²) in [5.74, 6) is 0.634.